The van der Waals surface area contributed by atoms with E-state index in [2.05, 4.69) is 11.9 Å². The normalized spacial score (nSPS) is 9.83. The zero-order valence-electron chi connectivity index (χ0n) is 9.35. The Morgan fingerprint density at radius 3 is 2.78 bits per heavy atom. The van der Waals surface area contributed by atoms with Gasteiger partial charge in [-0.3, -0.25) is 10.1 Å². The highest BCUT2D eigenvalue weighted by atomic mass is 35.5. The van der Waals surface area contributed by atoms with Crippen molar-refractivity contribution in [3.63, 3.8) is 0 Å². The molecule has 0 bridgehead atoms. The van der Waals surface area contributed by atoms with Crippen LogP contribution in [0.3, 0.4) is 0 Å². The summed E-state index contributed by atoms with van der Waals surface area (Å²) in [6, 6.07) is 4.23. The van der Waals surface area contributed by atoms with E-state index in [1.807, 2.05) is 0 Å². The topological polar surface area (TPSA) is 92.5 Å². The smallest absolute Gasteiger partial charge is 0.331 e. The van der Waals surface area contributed by atoms with Gasteiger partial charge in [0.2, 0.25) is 0 Å². The number of carboxylic acids is 1. The lowest BCUT2D eigenvalue weighted by molar-refractivity contribution is -0.383. The number of carboxylic acid groups (broad SMARTS) is 1. The summed E-state index contributed by atoms with van der Waals surface area (Å²) in [6.07, 6.45) is 0.190. The van der Waals surface area contributed by atoms with Crippen LogP contribution in [0.1, 0.15) is 6.42 Å². The van der Waals surface area contributed by atoms with E-state index in [0.29, 0.717) is 5.69 Å². The molecular formula is C11H11ClN2O4. The van der Waals surface area contributed by atoms with E-state index >= 15 is 0 Å². The van der Waals surface area contributed by atoms with Gasteiger partial charge in [0.1, 0.15) is 5.69 Å². The zero-order chi connectivity index (χ0) is 13.7. The van der Waals surface area contributed by atoms with Gasteiger partial charge >= 0.3 is 5.97 Å². The molecule has 18 heavy (non-hydrogen) atoms. The fourth-order valence-corrected chi connectivity index (χ4v) is 1.43. The van der Waals surface area contributed by atoms with Gasteiger partial charge in [0.05, 0.1) is 4.92 Å². The number of aliphatic carboxylic acids is 1. The molecule has 0 amide bonds. The van der Waals surface area contributed by atoms with E-state index in [-0.39, 0.29) is 29.2 Å². The van der Waals surface area contributed by atoms with Crippen LogP contribution >= 0.6 is 11.6 Å². The van der Waals surface area contributed by atoms with Gasteiger partial charge in [-0.15, -0.1) is 0 Å². The second-order valence-corrected chi connectivity index (χ2v) is 3.94. The monoisotopic (exact) mass is 270 g/mol. The number of halogens is 1. The van der Waals surface area contributed by atoms with Gasteiger partial charge in [0, 0.05) is 23.2 Å². The molecule has 1 aromatic carbocycles. The van der Waals surface area contributed by atoms with Gasteiger partial charge < -0.3 is 10.4 Å². The van der Waals surface area contributed by atoms with Crippen LogP contribution in [0.5, 0.6) is 0 Å². The van der Waals surface area contributed by atoms with E-state index < -0.39 is 10.9 Å². The standard InChI is InChI=1S/C11H11ClN2O4/c1-7(11(15)16)4-5-13-9-3-2-8(12)6-10(9)14(17)18/h2-3,6,13H,1,4-5H2,(H,15,16). The Morgan fingerprint density at radius 1 is 1.56 bits per heavy atom. The number of nitro groups is 1. The first kappa shape index (κ1) is 14.0. The zero-order valence-corrected chi connectivity index (χ0v) is 10.1. The van der Waals surface area contributed by atoms with Crippen LogP contribution < -0.4 is 5.32 Å². The first-order chi connectivity index (χ1) is 8.41. The Morgan fingerprint density at radius 2 is 2.22 bits per heavy atom. The van der Waals surface area contributed by atoms with E-state index in [9.17, 15) is 14.9 Å². The lowest BCUT2D eigenvalue weighted by Gasteiger charge is -2.07. The first-order valence-electron chi connectivity index (χ1n) is 5.00. The van der Waals surface area contributed by atoms with Crippen LogP contribution in [0, 0.1) is 10.1 Å². The fraction of sp³-hybridized carbons (Fsp3) is 0.182. The Balaban J connectivity index is 2.70. The Bertz CT molecular complexity index is 502. The molecule has 0 saturated heterocycles. The van der Waals surface area contributed by atoms with Gasteiger partial charge in [-0.05, 0) is 18.6 Å². The number of nitrogens with one attached hydrogen (secondary N) is 1. The second kappa shape index (κ2) is 6.02. The van der Waals surface area contributed by atoms with Crippen LogP contribution in [-0.4, -0.2) is 22.5 Å². The lowest BCUT2D eigenvalue weighted by atomic mass is 10.2. The van der Waals surface area contributed by atoms with E-state index in [4.69, 9.17) is 16.7 Å². The minimum absolute atomic E-state index is 0.0408. The summed E-state index contributed by atoms with van der Waals surface area (Å²) in [4.78, 5) is 20.7. The summed E-state index contributed by atoms with van der Waals surface area (Å²) in [5.74, 6) is -1.08. The van der Waals surface area contributed by atoms with Crippen LogP contribution in [0.15, 0.2) is 30.4 Å². The van der Waals surface area contributed by atoms with Crippen molar-refractivity contribution < 1.29 is 14.8 Å². The number of carbonyl (C=O) groups is 1. The molecule has 0 aliphatic heterocycles. The number of anilines is 1. The number of nitrogens with zero attached hydrogens (tertiary/aromatic N) is 1. The molecule has 2 N–H and O–H groups in total. The quantitative estimate of drug-likeness (QED) is 0.471. The molecule has 0 fully saturated rings. The number of hydrogen-bond donors (Lipinski definition) is 2. The molecule has 1 aromatic rings. The van der Waals surface area contributed by atoms with Crippen molar-refractivity contribution in [2.24, 2.45) is 0 Å². The molecule has 6 nitrogen and oxygen atoms in total. The Hall–Kier alpha value is -2.08. The van der Waals surface area contributed by atoms with Gasteiger partial charge in [0.15, 0.2) is 0 Å². The summed E-state index contributed by atoms with van der Waals surface area (Å²) in [7, 11) is 0. The third-order valence-electron chi connectivity index (χ3n) is 2.20. The molecule has 0 saturated carbocycles. The highest BCUT2D eigenvalue weighted by molar-refractivity contribution is 6.30. The van der Waals surface area contributed by atoms with E-state index in [1.54, 1.807) is 0 Å². The Labute approximate surface area is 108 Å². The Kier molecular flexibility index (Phi) is 4.67. The van der Waals surface area contributed by atoms with Crippen molar-refractivity contribution in [3.8, 4) is 0 Å². The number of rotatable bonds is 6. The molecule has 7 heteroatoms. The van der Waals surface area contributed by atoms with Gasteiger partial charge in [-0.2, -0.15) is 0 Å². The molecule has 96 valence electrons. The van der Waals surface area contributed by atoms with Crippen molar-refractivity contribution in [2.45, 2.75) is 6.42 Å². The molecule has 0 aromatic heterocycles. The molecule has 0 aliphatic rings. The van der Waals surface area contributed by atoms with E-state index in [0.717, 1.165) is 0 Å². The van der Waals surface area contributed by atoms with Crippen LogP contribution in [0.2, 0.25) is 5.02 Å². The van der Waals surface area contributed by atoms with Gasteiger partial charge in [-0.25, -0.2) is 4.79 Å². The maximum atomic E-state index is 10.8. The van der Waals surface area contributed by atoms with Crippen LogP contribution in [0.25, 0.3) is 0 Å². The molecule has 0 spiro atoms. The summed E-state index contributed by atoms with van der Waals surface area (Å²) in [5, 5.41) is 22.4. The van der Waals surface area contributed by atoms with Crippen molar-refractivity contribution in [1.82, 2.24) is 0 Å². The molecule has 0 heterocycles. The lowest BCUT2D eigenvalue weighted by Crippen LogP contribution is -2.08. The third-order valence-corrected chi connectivity index (χ3v) is 2.44. The highest BCUT2D eigenvalue weighted by Gasteiger charge is 2.14. The molecule has 0 atom stereocenters. The maximum absolute atomic E-state index is 10.8. The molecule has 1 rings (SSSR count). The second-order valence-electron chi connectivity index (χ2n) is 3.50. The third kappa shape index (κ3) is 3.74. The average Bonchev–Trinajstić information content (AvgIpc) is 2.30. The van der Waals surface area contributed by atoms with Crippen molar-refractivity contribution >= 4 is 28.9 Å². The summed E-state index contributed by atoms with van der Waals surface area (Å²) in [6.45, 7) is 3.61. The van der Waals surface area contributed by atoms with Crippen LogP contribution in [0.4, 0.5) is 11.4 Å². The van der Waals surface area contributed by atoms with E-state index in [1.165, 1.54) is 18.2 Å². The number of hydrogen-bond acceptors (Lipinski definition) is 4. The minimum Gasteiger partial charge on any atom is -0.478 e. The van der Waals surface area contributed by atoms with Crippen LogP contribution in [-0.2, 0) is 4.79 Å². The molecule has 0 radical (unpaired) electrons. The number of nitro benzene ring substituents is 1. The predicted octanol–water partition coefficient (Wildman–Crippen LogP) is 2.69. The average molecular weight is 271 g/mol. The van der Waals surface area contributed by atoms with Crippen molar-refractivity contribution in [1.29, 1.82) is 0 Å². The summed E-state index contributed by atoms with van der Waals surface area (Å²) < 4.78 is 0. The molecule has 0 unspecified atom stereocenters. The van der Waals surface area contributed by atoms with Gasteiger partial charge in [0.25, 0.3) is 5.69 Å². The largest absolute Gasteiger partial charge is 0.478 e. The first-order valence-corrected chi connectivity index (χ1v) is 5.38. The molecule has 0 aliphatic carbocycles. The maximum Gasteiger partial charge on any atom is 0.331 e. The minimum atomic E-state index is -1.08. The number of benzene rings is 1. The van der Waals surface area contributed by atoms with Crippen molar-refractivity contribution in [3.05, 3.63) is 45.5 Å². The highest BCUT2D eigenvalue weighted by Crippen LogP contribution is 2.27. The van der Waals surface area contributed by atoms with Gasteiger partial charge in [-0.1, -0.05) is 18.2 Å². The predicted molar refractivity (Wildman–Crippen MR) is 68.0 cm³/mol. The molecular weight excluding hydrogens is 260 g/mol. The fourth-order valence-electron chi connectivity index (χ4n) is 1.26. The van der Waals surface area contributed by atoms with Crippen molar-refractivity contribution in [2.75, 3.05) is 11.9 Å². The SMILES string of the molecule is C=C(CCNc1ccc(Cl)cc1[N+](=O)[O-])C(=O)O. The summed E-state index contributed by atoms with van der Waals surface area (Å²) >= 11 is 5.66. The summed E-state index contributed by atoms with van der Waals surface area (Å²) in [5.41, 5.74) is 0.185.